The molecule has 4 rings (SSSR count). The number of benzene rings is 1. The van der Waals surface area contributed by atoms with Gasteiger partial charge in [0.2, 0.25) is 5.82 Å². The number of nitrogens with two attached hydrogens (primary N) is 1. The first-order chi connectivity index (χ1) is 14.6. The van der Waals surface area contributed by atoms with E-state index in [0.29, 0.717) is 33.8 Å². The summed E-state index contributed by atoms with van der Waals surface area (Å²) in [4.78, 5) is 12.9. The Labute approximate surface area is 197 Å². The molecule has 0 radical (unpaired) electrons. The summed E-state index contributed by atoms with van der Waals surface area (Å²) in [6.45, 7) is 3.68. The summed E-state index contributed by atoms with van der Waals surface area (Å²) in [5.74, 6) is -3.38. The predicted octanol–water partition coefficient (Wildman–Crippen LogP) is 2.42. The molecular formula is C21H20FN6O3W-. The Morgan fingerprint density at radius 3 is 2.50 bits per heavy atom. The molecule has 0 aliphatic heterocycles. The summed E-state index contributed by atoms with van der Waals surface area (Å²) in [5, 5.41) is 33.6. The Hall–Kier alpha value is -2.91. The Bertz CT molecular complexity index is 1290. The molecule has 0 amide bonds. The first kappa shape index (κ1) is 23.7. The van der Waals surface area contributed by atoms with Crippen LogP contribution in [0.15, 0.2) is 42.6 Å². The van der Waals surface area contributed by atoms with Crippen LogP contribution in [0.5, 0.6) is 0 Å². The Kier molecular flexibility index (Phi) is 6.61. The summed E-state index contributed by atoms with van der Waals surface area (Å²) in [5.41, 5.74) is 8.97. The van der Waals surface area contributed by atoms with Crippen LogP contribution >= 0.6 is 0 Å². The van der Waals surface area contributed by atoms with Gasteiger partial charge in [-0.15, -0.1) is 0 Å². The van der Waals surface area contributed by atoms with Crippen molar-refractivity contribution in [3.05, 3.63) is 76.5 Å². The first-order valence-corrected chi connectivity index (χ1v) is 9.36. The summed E-state index contributed by atoms with van der Waals surface area (Å²) >= 11 is 0. The van der Waals surface area contributed by atoms with Gasteiger partial charge in [-0.2, -0.15) is 0 Å². The number of hydrogen-bond acceptors (Lipinski definition) is 7. The molecule has 0 saturated heterocycles. The number of nitrogens with zero attached hydrogens (tertiary/aromatic N) is 5. The minimum Gasteiger partial charge on any atom is -0.461 e. The first-order valence-electron chi connectivity index (χ1n) is 9.36. The quantitative estimate of drug-likeness (QED) is 0.255. The third-order valence-corrected chi connectivity index (χ3v) is 4.71. The van der Waals surface area contributed by atoms with Gasteiger partial charge in [0, 0.05) is 32.8 Å². The van der Waals surface area contributed by atoms with E-state index >= 15 is 0 Å². The fourth-order valence-electron chi connectivity index (χ4n) is 3.38. The number of rotatable bonds is 5. The molecule has 5 N–H and O–H groups in total. The number of aliphatic hydroxyl groups is 3. The number of aryl methyl sites for hydroxylation is 2. The Morgan fingerprint density at radius 2 is 1.84 bits per heavy atom. The van der Waals surface area contributed by atoms with E-state index in [0.717, 1.165) is 0 Å². The van der Waals surface area contributed by atoms with Crippen LogP contribution < -0.4 is 5.73 Å². The average molecular weight is 607 g/mol. The normalized spacial score (nSPS) is 11.4. The summed E-state index contributed by atoms with van der Waals surface area (Å²) in [6, 6.07) is 9.54. The number of halogens is 1. The third kappa shape index (κ3) is 4.63. The summed E-state index contributed by atoms with van der Waals surface area (Å²) in [6.07, 6.45) is 1.49. The van der Waals surface area contributed by atoms with Crippen LogP contribution in [0.3, 0.4) is 0 Å². The molecule has 1 aromatic carbocycles. The molecule has 0 saturated carbocycles. The van der Waals surface area contributed by atoms with Crippen molar-refractivity contribution < 1.29 is 40.8 Å². The zero-order valence-corrected chi connectivity index (χ0v) is 20.1. The largest absolute Gasteiger partial charge is 0.461 e. The number of aromatic nitrogens is 4. The molecule has 9 nitrogen and oxygen atoms in total. The van der Waals surface area contributed by atoms with Crippen molar-refractivity contribution in [3.63, 3.8) is 0 Å². The van der Waals surface area contributed by atoms with Crippen molar-refractivity contribution >= 4 is 17.2 Å². The van der Waals surface area contributed by atoms with E-state index in [1.807, 2.05) is 0 Å². The fourth-order valence-corrected chi connectivity index (χ4v) is 3.38. The molecule has 0 unspecified atom stereocenters. The van der Waals surface area contributed by atoms with E-state index in [1.165, 1.54) is 22.7 Å². The minimum absolute atomic E-state index is 0. The smallest absolute Gasteiger partial charge is 0.339 e. The molecule has 0 atom stereocenters. The zero-order valence-electron chi connectivity index (χ0n) is 17.2. The van der Waals surface area contributed by atoms with Gasteiger partial charge in [-0.1, -0.05) is 35.8 Å². The molecule has 0 bridgehead atoms. The average Bonchev–Trinajstić information content (AvgIpc) is 3.06. The van der Waals surface area contributed by atoms with Gasteiger partial charge in [-0.3, -0.25) is 4.40 Å². The van der Waals surface area contributed by atoms with Gasteiger partial charge in [-0.05, 0) is 38.1 Å². The maximum absolute atomic E-state index is 13.3. The molecule has 0 aliphatic rings. The van der Waals surface area contributed by atoms with Crippen LogP contribution in [-0.4, -0.2) is 34.7 Å². The van der Waals surface area contributed by atoms with Crippen LogP contribution in [0.2, 0.25) is 0 Å². The number of fused-ring (bicyclic) bond motifs is 1. The van der Waals surface area contributed by atoms with E-state index in [4.69, 9.17) is 5.73 Å². The van der Waals surface area contributed by atoms with Crippen molar-refractivity contribution in [1.82, 2.24) is 19.4 Å². The fraction of sp³-hybridized carbons (Fsp3) is 0.190. The second-order valence-electron chi connectivity index (χ2n) is 7.15. The van der Waals surface area contributed by atoms with Crippen LogP contribution in [0, 0.1) is 19.7 Å². The second-order valence-corrected chi connectivity index (χ2v) is 7.15. The summed E-state index contributed by atoms with van der Waals surface area (Å²) in [7, 11) is 0. The minimum atomic E-state index is -3.18. The van der Waals surface area contributed by atoms with Crippen molar-refractivity contribution in [2.45, 2.75) is 26.4 Å². The second kappa shape index (κ2) is 8.91. The molecule has 4 aromatic rings. The van der Waals surface area contributed by atoms with E-state index in [2.05, 4.69) is 20.3 Å². The standard InChI is InChI=1S/C21H20FN6O3.W/c1-11-10-28-18(19(23)25-11)17(27-20(28)21(29,30)31)15-6-7-16(26-12(15)2)24-9-13-4-3-5-14(22)8-13;/h3-8,10,29-31H,9H2,1-2H3,(H2-,23,24,25,26);/q-1;. The monoisotopic (exact) mass is 607 g/mol. The van der Waals surface area contributed by atoms with E-state index in [9.17, 15) is 19.7 Å². The number of pyridine rings is 1. The van der Waals surface area contributed by atoms with Crippen molar-refractivity contribution in [3.8, 4) is 11.3 Å². The van der Waals surface area contributed by atoms with Crippen molar-refractivity contribution in [2.75, 3.05) is 5.73 Å². The molecule has 3 aromatic heterocycles. The van der Waals surface area contributed by atoms with Gasteiger partial charge in [0.25, 0.3) is 0 Å². The topological polar surface area (TPSA) is 144 Å². The molecular weight excluding hydrogens is 587 g/mol. The van der Waals surface area contributed by atoms with Crippen molar-refractivity contribution in [2.24, 2.45) is 0 Å². The van der Waals surface area contributed by atoms with Crippen LogP contribution in [0.25, 0.3) is 22.1 Å². The number of imidazole rings is 1. The Morgan fingerprint density at radius 1 is 1.09 bits per heavy atom. The maximum Gasteiger partial charge on any atom is 0.339 e. The molecule has 32 heavy (non-hydrogen) atoms. The zero-order chi connectivity index (χ0) is 22.3. The SMILES string of the molecule is Cc1cn2c(C(O)(O)O)nc(-c3ccc([N-]Cc4cccc(F)c4)nc3C)c2c(N)n1.[W]. The van der Waals surface area contributed by atoms with Crippen LogP contribution in [0.4, 0.5) is 16.0 Å². The van der Waals surface area contributed by atoms with E-state index in [1.54, 1.807) is 38.1 Å². The van der Waals surface area contributed by atoms with Gasteiger partial charge in [0.15, 0.2) is 0 Å². The van der Waals surface area contributed by atoms with Crippen molar-refractivity contribution in [1.29, 1.82) is 0 Å². The van der Waals surface area contributed by atoms with E-state index in [-0.39, 0.29) is 44.9 Å². The summed E-state index contributed by atoms with van der Waals surface area (Å²) < 4.78 is 14.6. The molecule has 166 valence electrons. The molecule has 0 spiro atoms. The predicted molar refractivity (Wildman–Crippen MR) is 112 cm³/mol. The van der Waals surface area contributed by atoms with Gasteiger partial charge in [0.1, 0.15) is 22.8 Å². The molecule has 0 aliphatic carbocycles. The van der Waals surface area contributed by atoms with Gasteiger partial charge in [-0.25, -0.2) is 14.4 Å². The van der Waals surface area contributed by atoms with Crippen LogP contribution in [-0.2, 0) is 33.6 Å². The van der Waals surface area contributed by atoms with Gasteiger partial charge >= 0.3 is 5.97 Å². The molecule has 11 heteroatoms. The third-order valence-electron chi connectivity index (χ3n) is 4.71. The number of anilines is 1. The Balaban J connectivity index is 0.00000289. The van der Waals surface area contributed by atoms with Crippen LogP contribution in [0.1, 0.15) is 22.8 Å². The number of nitrogen functional groups attached to an aromatic ring is 1. The number of hydrogen-bond donors (Lipinski definition) is 4. The molecule has 3 heterocycles. The molecule has 0 fully saturated rings. The van der Waals surface area contributed by atoms with Gasteiger partial charge < -0.3 is 31.4 Å². The maximum atomic E-state index is 13.3. The van der Waals surface area contributed by atoms with E-state index < -0.39 is 11.8 Å². The van der Waals surface area contributed by atoms with Gasteiger partial charge in [0.05, 0.1) is 5.69 Å².